The second-order valence-electron chi connectivity index (χ2n) is 5.68. The molecule has 0 heterocycles. The van der Waals surface area contributed by atoms with Gasteiger partial charge < -0.3 is 15.2 Å². The highest BCUT2D eigenvalue weighted by molar-refractivity contribution is 5.95. The van der Waals surface area contributed by atoms with Crippen molar-refractivity contribution in [2.75, 3.05) is 13.2 Å². The van der Waals surface area contributed by atoms with Gasteiger partial charge in [0.15, 0.2) is 0 Å². The van der Waals surface area contributed by atoms with Crippen molar-refractivity contribution in [3.05, 3.63) is 59.7 Å². The summed E-state index contributed by atoms with van der Waals surface area (Å²) in [5.74, 6) is 1.97. The molecule has 0 bridgehead atoms. The van der Waals surface area contributed by atoms with Crippen LogP contribution in [0.5, 0.6) is 11.5 Å². The summed E-state index contributed by atoms with van der Waals surface area (Å²) >= 11 is 0. The van der Waals surface area contributed by atoms with Gasteiger partial charge in [-0.2, -0.15) is 0 Å². The fourth-order valence-corrected chi connectivity index (χ4v) is 2.24. The fraction of sp³-hybridized carbons (Fsp3) is 0.263. The molecule has 0 aliphatic carbocycles. The van der Waals surface area contributed by atoms with Crippen LogP contribution in [0.2, 0.25) is 0 Å². The van der Waals surface area contributed by atoms with E-state index in [4.69, 9.17) is 31.8 Å². The van der Waals surface area contributed by atoms with Gasteiger partial charge in [0, 0.05) is 5.56 Å². The third-order valence-corrected chi connectivity index (χ3v) is 3.68. The summed E-state index contributed by atoms with van der Waals surface area (Å²) in [6, 6.07) is 14.6. The van der Waals surface area contributed by atoms with Crippen LogP contribution < -0.4 is 26.4 Å². The Bertz CT molecular complexity index is 635. The van der Waals surface area contributed by atoms with Crippen LogP contribution in [0.4, 0.5) is 0 Å². The number of nitrogens with one attached hydrogen (secondary N) is 1. The van der Waals surface area contributed by atoms with Crippen molar-refractivity contribution in [1.82, 2.24) is 0 Å². The predicted octanol–water partition coefficient (Wildman–Crippen LogP) is 1.06. The molecule has 0 amide bonds. The molecule has 0 saturated heterocycles. The van der Waals surface area contributed by atoms with Gasteiger partial charge in [-0.25, -0.2) is 0 Å². The maximum Gasteiger partial charge on any atom is 0.270 e. The molecule has 0 spiro atoms. The molecule has 7 N–H and O–H groups in total. The monoisotopic (exact) mass is 341 g/mol. The number of rotatable bonds is 10. The molecular formula is C19H25N4O2+. The molecule has 6 nitrogen and oxygen atoms in total. The zero-order chi connectivity index (χ0) is 18.1. The average Bonchev–Trinajstić information content (AvgIpc) is 2.61. The number of ether oxygens (including phenoxy) is 2. The third-order valence-electron chi connectivity index (χ3n) is 3.68. The molecule has 0 aliphatic heterocycles. The van der Waals surface area contributed by atoms with Gasteiger partial charge in [0.1, 0.15) is 17.3 Å². The third kappa shape index (κ3) is 6.18. The molecule has 2 aromatic rings. The quantitative estimate of drug-likeness (QED) is 0.293. The highest BCUT2D eigenvalue weighted by atomic mass is 16.5. The molecule has 0 radical (unpaired) electrons. The van der Waals surface area contributed by atoms with Crippen molar-refractivity contribution in [3.8, 4) is 11.5 Å². The minimum absolute atomic E-state index is 0.0609. The lowest BCUT2D eigenvalue weighted by molar-refractivity contribution is -0.114. The molecule has 25 heavy (non-hydrogen) atoms. The maximum atomic E-state index is 7.34. The van der Waals surface area contributed by atoms with Gasteiger partial charge in [-0.3, -0.25) is 16.6 Å². The van der Waals surface area contributed by atoms with Crippen molar-refractivity contribution in [1.29, 1.82) is 5.41 Å². The Kier molecular flexibility index (Phi) is 6.83. The predicted molar refractivity (Wildman–Crippen MR) is 99.0 cm³/mol. The van der Waals surface area contributed by atoms with Crippen LogP contribution >= 0.6 is 0 Å². The zero-order valence-corrected chi connectivity index (χ0v) is 14.2. The van der Waals surface area contributed by atoms with Crippen LogP contribution in [0.15, 0.2) is 48.5 Å². The van der Waals surface area contributed by atoms with Crippen molar-refractivity contribution < 1.29 is 14.9 Å². The number of hydrogen-bond donors (Lipinski definition) is 4. The SMILES string of the molecule is N=C(N)c1ccc(OCCCCCOc2ccc(C(N)=[NH2+])cc2)cc1. The Balaban J connectivity index is 1.57. The summed E-state index contributed by atoms with van der Waals surface area (Å²) in [7, 11) is 0. The largest absolute Gasteiger partial charge is 0.494 e. The topological polar surface area (TPSA) is 120 Å². The molecule has 132 valence electrons. The first kappa shape index (κ1) is 18.3. The van der Waals surface area contributed by atoms with Crippen molar-refractivity contribution in [2.24, 2.45) is 11.5 Å². The Hall–Kier alpha value is -3.02. The van der Waals surface area contributed by atoms with Crippen molar-refractivity contribution in [3.63, 3.8) is 0 Å². The highest BCUT2D eigenvalue weighted by Crippen LogP contribution is 2.14. The van der Waals surface area contributed by atoms with Gasteiger partial charge in [0.2, 0.25) is 0 Å². The minimum Gasteiger partial charge on any atom is -0.494 e. The summed E-state index contributed by atoms with van der Waals surface area (Å²) in [5.41, 5.74) is 12.4. The standard InChI is InChI=1S/C19H24N4O2/c20-18(21)14-4-8-16(9-5-14)24-12-2-1-3-13-25-17-10-6-15(7-11-17)19(22)23/h4-11H,1-3,12-13H2,(H3,20,21)(H3,22,23)/p+1. The minimum atomic E-state index is 0.0609. The fourth-order valence-electron chi connectivity index (χ4n) is 2.24. The number of nitrogen functional groups attached to an aromatic ring is 1. The number of nitrogens with two attached hydrogens (primary N) is 3. The average molecular weight is 341 g/mol. The van der Waals surface area contributed by atoms with Crippen molar-refractivity contribution >= 4 is 11.7 Å². The number of unbranched alkanes of at least 4 members (excludes halogenated alkanes) is 2. The van der Waals surface area contributed by atoms with Crippen LogP contribution in [-0.4, -0.2) is 24.9 Å². The first-order valence-corrected chi connectivity index (χ1v) is 8.24. The van der Waals surface area contributed by atoms with E-state index in [0.717, 1.165) is 36.3 Å². The van der Waals surface area contributed by atoms with E-state index in [1.165, 1.54) is 0 Å². The molecule has 0 aromatic heterocycles. The van der Waals surface area contributed by atoms with Gasteiger partial charge in [-0.05, 0) is 67.8 Å². The van der Waals surface area contributed by atoms with Gasteiger partial charge in [-0.15, -0.1) is 0 Å². The summed E-state index contributed by atoms with van der Waals surface area (Å²) in [4.78, 5) is 0. The van der Waals surface area contributed by atoms with Gasteiger partial charge in [0.05, 0.1) is 18.8 Å². The lowest BCUT2D eigenvalue weighted by atomic mass is 10.2. The normalized spacial score (nSPS) is 10.2. The summed E-state index contributed by atoms with van der Waals surface area (Å²) in [6.45, 7) is 1.31. The van der Waals surface area contributed by atoms with Gasteiger partial charge in [0.25, 0.3) is 5.84 Å². The molecule has 0 unspecified atom stereocenters. The molecular weight excluding hydrogens is 316 g/mol. The van der Waals surface area contributed by atoms with E-state index in [-0.39, 0.29) is 5.84 Å². The highest BCUT2D eigenvalue weighted by Gasteiger charge is 2.01. The van der Waals surface area contributed by atoms with Crippen LogP contribution in [0, 0.1) is 5.41 Å². The summed E-state index contributed by atoms with van der Waals surface area (Å²) in [6.07, 6.45) is 2.93. The lowest BCUT2D eigenvalue weighted by Gasteiger charge is -2.08. The van der Waals surface area contributed by atoms with Gasteiger partial charge in [-0.1, -0.05) is 0 Å². The Morgan fingerprint density at radius 2 is 1.20 bits per heavy atom. The van der Waals surface area contributed by atoms with E-state index in [9.17, 15) is 0 Å². The second kappa shape index (κ2) is 9.32. The number of hydrogen-bond acceptors (Lipinski definition) is 3. The Morgan fingerprint density at radius 3 is 1.60 bits per heavy atom. The first-order valence-electron chi connectivity index (χ1n) is 8.24. The molecule has 6 heteroatoms. The summed E-state index contributed by atoms with van der Waals surface area (Å²) in [5, 5.41) is 12.9. The second-order valence-corrected chi connectivity index (χ2v) is 5.68. The molecule has 2 aromatic carbocycles. The van der Waals surface area contributed by atoms with Gasteiger partial charge >= 0.3 is 0 Å². The molecule has 0 aliphatic rings. The van der Waals surface area contributed by atoms with E-state index >= 15 is 0 Å². The van der Waals surface area contributed by atoms with E-state index in [2.05, 4.69) is 0 Å². The number of amidine groups is 2. The Morgan fingerprint density at radius 1 is 0.760 bits per heavy atom. The van der Waals surface area contributed by atoms with Crippen LogP contribution in [-0.2, 0) is 0 Å². The van der Waals surface area contributed by atoms with E-state index < -0.39 is 0 Å². The zero-order valence-electron chi connectivity index (χ0n) is 14.2. The van der Waals surface area contributed by atoms with E-state index in [0.29, 0.717) is 24.6 Å². The van der Waals surface area contributed by atoms with E-state index in [1.807, 2.05) is 36.4 Å². The van der Waals surface area contributed by atoms with Crippen LogP contribution in [0.25, 0.3) is 0 Å². The van der Waals surface area contributed by atoms with Crippen molar-refractivity contribution in [2.45, 2.75) is 19.3 Å². The van der Waals surface area contributed by atoms with Crippen LogP contribution in [0.1, 0.15) is 30.4 Å². The molecule has 0 atom stereocenters. The van der Waals surface area contributed by atoms with Crippen LogP contribution in [0.3, 0.4) is 0 Å². The molecule has 2 rings (SSSR count). The number of benzene rings is 2. The Labute approximate surface area is 147 Å². The smallest absolute Gasteiger partial charge is 0.270 e. The molecule has 0 fully saturated rings. The molecule has 0 saturated carbocycles. The lowest BCUT2D eigenvalue weighted by Crippen LogP contribution is -2.46. The van der Waals surface area contributed by atoms with E-state index in [1.54, 1.807) is 12.1 Å². The summed E-state index contributed by atoms with van der Waals surface area (Å²) < 4.78 is 11.3. The maximum absolute atomic E-state index is 7.34. The first-order chi connectivity index (χ1) is 12.1.